The Hall–Kier alpha value is -1.79. The van der Waals surface area contributed by atoms with E-state index in [1.165, 1.54) is 12.1 Å². The van der Waals surface area contributed by atoms with Gasteiger partial charge in [0.15, 0.2) is 0 Å². The number of nitrogens with one attached hydrogen (secondary N) is 1. The molecule has 0 bridgehead atoms. The lowest BCUT2D eigenvalue weighted by atomic mass is 10.0. The summed E-state index contributed by atoms with van der Waals surface area (Å²) in [6.07, 6.45) is 0. The van der Waals surface area contributed by atoms with Gasteiger partial charge in [0.05, 0.1) is 12.6 Å². The first-order valence-corrected chi connectivity index (χ1v) is 6.08. The molecular weight excluding hydrogens is 249 g/mol. The Morgan fingerprint density at radius 1 is 1.53 bits per heavy atom. The third-order valence-electron chi connectivity index (χ3n) is 3.32. The fourth-order valence-electron chi connectivity index (χ4n) is 2.29. The molecule has 0 aromatic heterocycles. The van der Waals surface area contributed by atoms with Gasteiger partial charge in [-0.15, -0.1) is 0 Å². The summed E-state index contributed by atoms with van der Waals surface area (Å²) in [4.78, 5) is 24.8. The highest BCUT2D eigenvalue weighted by atomic mass is 19.1. The summed E-state index contributed by atoms with van der Waals surface area (Å²) >= 11 is 0. The lowest BCUT2D eigenvalue weighted by Crippen LogP contribution is -2.58. The van der Waals surface area contributed by atoms with Gasteiger partial charge in [-0.05, 0) is 24.6 Å². The molecule has 2 atom stereocenters. The van der Waals surface area contributed by atoms with E-state index >= 15 is 0 Å². The van der Waals surface area contributed by atoms with Crippen LogP contribution in [0.4, 0.5) is 4.39 Å². The van der Waals surface area contributed by atoms with E-state index in [4.69, 9.17) is 5.73 Å². The lowest BCUT2D eigenvalue weighted by molar-refractivity contribution is -0.140. The molecule has 2 unspecified atom stereocenters. The first-order chi connectivity index (χ1) is 9.02. The third kappa shape index (κ3) is 2.80. The van der Waals surface area contributed by atoms with Crippen LogP contribution in [0.1, 0.15) is 18.5 Å². The largest absolute Gasteiger partial charge is 0.329 e. The second kappa shape index (κ2) is 5.46. The highest BCUT2D eigenvalue weighted by molar-refractivity contribution is 6.00. The molecule has 5 nitrogen and oxygen atoms in total. The fraction of sp³-hybridized carbons (Fsp3) is 0.385. The molecule has 2 rings (SSSR count). The first-order valence-electron chi connectivity index (χ1n) is 6.08. The molecule has 1 aromatic rings. The van der Waals surface area contributed by atoms with Gasteiger partial charge in [0.1, 0.15) is 5.82 Å². The average Bonchev–Trinajstić information content (AvgIpc) is 2.36. The van der Waals surface area contributed by atoms with Crippen molar-refractivity contribution in [2.45, 2.75) is 19.0 Å². The van der Waals surface area contributed by atoms with Crippen LogP contribution in [0, 0.1) is 5.82 Å². The van der Waals surface area contributed by atoms with Gasteiger partial charge in [-0.25, -0.2) is 4.39 Å². The number of nitrogens with two attached hydrogens (primary N) is 1. The van der Waals surface area contributed by atoms with Crippen molar-refractivity contribution in [3.05, 3.63) is 35.6 Å². The molecule has 1 aliphatic heterocycles. The average molecular weight is 265 g/mol. The van der Waals surface area contributed by atoms with Crippen LogP contribution in [0.15, 0.2) is 24.3 Å². The van der Waals surface area contributed by atoms with Gasteiger partial charge in [-0.3, -0.25) is 19.8 Å². The van der Waals surface area contributed by atoms with E-state index < -0.39 is 6.04 Å². The number of amides is 2. The number of halogens is 1. The molecule has 1 aliphatic rings. The van der Waals surface area contributed by atoms with Crippen LogP contribution < -0.4 is 11.1 Å². The minimum atomic E-state index is -0.477. The Kier molecular flexibility index (Phi) is 3.92. The smallest absolute Gasteiger partial charge is 0.243 e. The van der Waals surface area contributed by atoms with Crippen LogP contribution in [0.2, 0.25) is 0 Å². The molecule has 1 aromatic carbocycles. The number of imide groups is 1. The Bertz CT molecular complexity index is 506. The monoisotopic (exact) mass is 265 g/mol. The molecule has 0 radical (unpaired) electrons. The van der Waals surface area contributed by atoms with Crippen LogP contribution in [0.5, 0.6) is 0 Å². The fourth-order valence-corrected chi connectivity index (χ4v) is 2.29. The number of carbonyl (C=O) groups excluding carboxylic acids is 2. The Morgan fingerprint density at radius 2 is 2.26 bits per heavy atom. The minimum Gasteiger partial charge on any atom is -0.329 e. The number of piperazine rings is 1. The number of hydrogen-bond donors (Lipinski definition) is 2. The van der Waals surface area contributed by atoms with E-state index in [2.05, 4.69) is 5.32 Å². The maximum Gasteiger partial charge on any atom is 0.243 e. The summed E-state index contributed by atoms with van der Waals surface area (Å²) in [6.45, 7) is 1.98. The van der Waals surface area contributed by atoms with Gasteiger partial charge in [0.25, 0.3) is 0 Å². The summed E-state index contributed by atoms with van der Waals surface area (Å²) in [5.74, 6) is -1.08. The molecule has 0 aliphatic carbocycles. The van der Waals surface area contributed by atoms with E-state index in [0.717, 1.165) is 0 Å². The van der Waals surface area contributed by atoms with Crippen LogP contribution in [0.25, 0.3) is 0 Å². The molecule has 1 heterocycles. The maximum atomic E-state index is 13.3. The summed E-state index contributed by atoms with van der Waals surface area (Å²) in [5.41, 5.74) is 6.40. The molecule has 6 heteroatoms. The number of benzene rings is 1. The van der Waals surface area contributed by atoms with E-state index in [1.54, 1.807) is 24.0 Å². The number of rotatable bonds is 3. The van der Waals surface area contributed by atoms with Crippen molar-refractivity contribution in [3.8, 4) is 0 Å². The molecule has 2 amide bonds. The van der Waals surface area contributed by atoms with Gasteiger partial charge in [-0.2, -0.15) is 0 Å². The van der Waals surface area contributed by atoms with Crippen molar-refractivity contribution in [3.63, 3.8) is 0 Å². The maximum absolute atomic E-state index is 13.3. The molecule has 1 fully saturated rings. The van der Waals surface area contributed by atoms with Gasteiger partial charge in [0.2, 0.25) is 11.8 Å². The summed E-state index contributed by atoms with van der Waals surface area (Å²) in [6, 6.07) is 5.21. The Morgan fingerprint density at radius 3 is 2.89 bits per heavy atom. The highest BCUT2D eigenvalue weighted by Crippen LogP contribution is 2.24. The SMILES string of the molecule is CC1C(=O)NC(=O)CN1C(CN)c1cccc(F)c1. The van der Waals surface area contributed by atoms with Gasteiger partial charge >= 0.3 is 0 Å². The second-order valence-corrected chi connectivity index (χ2v) is 4.57. The predicted molar refractivity (Wildman–Crippen MR) is 67.5 cm³/mol. The predicted octanol–water partition coefficient (Wildman–Crippen LogP) is 0.172. The zero-order valence-corrected chi connectivity index (χ0v) is 10.6. The van der Waals surface area contributed by atoms with Crippen LogP contribution in [0.3, 0.4) is 0 Å². The summed E-state index contributed by atoms with van der Waals surface area (Å²) in [5, 5.41) is 2.27. The molecule has 3 N–H and O–H groups in total. The van der Waals surface area contributed by atoms with Crippen molar-refractivity contribution in [1.29, 1.82) is 0 Å². The van der Waals surface area contributed by atoms with Crippen molar-refractivity contribution in [2.24, 2.45) is 5.73 Å². The first kappa shape index (κ1) is 13.6. The normalized spacial score (nSPS) is 22.2. The zero-order valence-electron chi connectivity index (χ0n) is 10.6. The Balaban J connectivity index is 2.30. The van der Waals surface area contributed by atoms with E-state index in [-0.39, 0.29) is 36.8 Å². The quantitative estimate of drug-likeness (QED) is 0.764. The minimum absolute atomic E-state index is 0.0747. The lowest BCUT2D eigenvalue weighted by Gasteiger charge is -2.37. The van der Waals surface area contributed by atoms with E-state index in [0.29, 0.717) is 5.56 Å². The number of carbonyl (C=O) groups is 2. The van der Waals surface area contributed by atoms with Crippen molar-refractivity contribution >= 4 is 11.8 Å². The second-order valence-electron chi connectivity index (χ2n) is 4.57. The molecule has 102 valence electrons. The van der Waals surface area contributed by atoms with Gasteiger partial charge in [-0.1, -0.05) is 12.1 Å². The zero-order chi connectivity index (χ0) is 14.0. The van der Waals surface area contributed by atoms with Crippen LogP contribution >= 0.6 is 0 Å². The van der Waals surface area contributed by atoms with Crippen molar-refractivity contribution < 1.29 is 14.0 Å². The molecule has 0 spiro atoms. The molecule has 0 saturated carbocycles. The van der Waals surface area contributed by atoms with E-state index in [9.17, 15) is 14.0 Å². The molecular formula is C13H16FN3O2. The molecule has 1 saturated heterocycles. The van der Waals surface area contributed by atoms with Crippen LogP contribution in [-0.2, 0) is 9.59 Å². The van der Waals surface area contributed by atoms with Crippen molar-refractivity contribution in [1.82, 2.24) is 10.2 Å². The highest BCUT2D eigenvalue weighted by Gasteiger charge is 2.35. The topological polar surface area (TPSA) is 75.4 Å². The number of nitrogens with zero attached hydrogens (tertiary/aromatic N) is 1. The number of hydrogen-bond acceptors (Lipinski definition) is 4. The third-order valence-corrected chi connectivity index (χ3v) is 3.32. The van der Waals surface area contributed by atoms with Crippen LogP contribution in [-0.4, -0.2) is 35.8 Å². The van der Waals surface area contributed by atoms with Gasteiger partial charge in [0, 0.05) is 12.6 Å². The van der Waals surface area contributed by atoms with Crippen molar-refractivity contribution in [2.75, 3.05) is 13.1 Å². The Labute approximate surface area is 110 Å². The van der Waals surface area contributed by atoms with Gasteiger partial charge < -0.3 is 5.73 Å². The molecule has 19 heavy (non-hydrogen) atoms. The summed E-state index contributed by atoms with van der Waals surface area (Å²) < 4.78 is 13.3. The van der Waals surface area contributed by atoms with E-state index in [1.807, 2.05) is 0 Å². The standard InChI is InChI=1S/C13H16FN3O2/c1-8-13(19)16-12(18)7-17(8)11(6-15)9-3-2-4-10(14)5-9/h2-5,8,11H,6-7,15H2,1H3,(H,16,18,19). The summed E-state index contributed by atoms with van der Waals surface area (Å²) in [7, 11) is 0.